The van der Waals surface area contributed by atoms with Gasteiger partial charge in [0.1, 0.15) is 5.75 Å². The Balaban J connectivity index is 0.00000364. The Morgan fingerprint density at radius 2 is 2.04 bits per heavy atom. The quantitative estimate of drug-likeness (QED) is 0.282. The van der Waals surface area contributed by atoms with Gasteiger partial charge in [-0.2, -0.15) is 0 Å². The second-order valence-electron chi connectivity index (χ2n) is 7.14. The molecule has 0 aromatic heterocycles. The zero-order chi connectivity index (χ0) is 18.8. The highest BCUT2D eigenvalue weighted by molar-refractivity contribution is 14.0. The summed E-state index contributed by atoms with van der Waals surface area (Å²) >= 11 is 0. The maximum atomic E-state index is 9.35. The van der Waals surface area contributed by atoms with Gasteiger partial charge in [0.05, 0.1) is 19.3 Å². The molecule has 0 spiro atoms. The van der Waals surface area contributed by atoms with E-state index < -0.39 is 0 Å². The van der Waals surface area contributed by atoms with Crippen LogP contribution in [-0.2, 0) is 11.3 Å². The molecule has 154 valence electrons. The van der Waals surface area contributed by atoms with Gasteiger partial charge in [-0.3, -0.25) is 0 Å². The summed E-state index contributed by atoms with van der Waals surface area (Å²) in [6.07, 6.45) is 1.89. The minimum Gasteiger partial charge on any atom is -0.491 e. The zero-order valence-electron chi connectivity index (χ0n) is 16.7. The number of guanidine groups is 1. The van der Waals surface area contributed by atoms with Gasteiger partial charge in [-0.15, -0.1) is 24.0 Å². The molecule has 0 bridgehead atoms. The van der Waals surface area contributed by atoms with Crippen LogP contribution in [0.2, 0.25) is 0 Å². The molecule has 1 aliphatic heterocycles. The Morgan fingerprint density at radius 1 is 1.30 bits per heavy atom. The van der Waals surface area contributed by atoms with Crippen molar-refractivity contribution in [1.82, 2.24) is 10.6 Å². The van der Waals surface area contributed by atoms with E-state index in [0.717, 1.165) is 49.8 Å². The molecule has 1 atom stereocenters. The lowest BCUT2D eigenvalue weighted by Crippen LogP contribution is -2.44. The van der Waals surface area contributed by atoms with Crippen LogP contribution < -0.4 is 15.4 Å². The number of hydrogen-bond donors (Lipinski definition) is 3. The SMILES string of the molecule is CCNC(=NCc1ccc(OC(C)C)cc1)NCC1(CCO)CCOC1.I. The Labute approximate surface area is 180 Å². The lowest BCUT2D eigenvalue weighted by molar-refractivity contribution is 0.127. The van der Waals surface area contributed by atoms with Crippen LogP contribution in [0, 0.1) is 5.41 Å². The fraction of sp³-hybridized carbons (Fsp3) is 0.650. The molecule has 0 amide bonds. The number of benzene rings is 1. The maximum Gasteiger partial charge on any atom is 0.191 e. The predicted octanol–water partition coefficient (Wildman–Crippen LogP) is 2.94. The van der Waals surface area contributed by atoms with Crippen molar-refractivity contribution >= 4 is 29.9 Å². The average molecular weight is 491 g/mol. The number of hydrogen-bond acceptors (Lipinski definition) is 4. The van der Waals surface area contributed by atoms with E-state index in [1.807, 2.05) is 38.1 Å². The normalized spacial score (nSPS) is 19.7. The van der Waals surface area contributed by atoms with Gasteiger partial charge in [0.25, 0.3) is 0 Å². The van der Waals surface area contributed by atoms with Crippen molar-refractivity contribution in [2.45, 2.75) is 46.3 Å². The van der Waals surface area contributed by atoms with Crippen LogP contribution >= 0.6 is 24.0 Å². The van der Waals surface area contributed by atoms with Gasteiger partial charge in [0, 0.05) is 31.7 Å². The van der Waals surface area contributed by atoms with Crippen LogP contribution in [0.15, 0.2) is 29.3 Å². The van der Waals surface area contributed by atoms with Crippen molar-refractivity contribution in [2.24, 2.45) is 10.4 Å². The maximum absolute atomic E-state index is 9.35. The van der Waals surface area contributed by atoms with Gasteiger partial charge < -0.3 is 25.2 Å². The van der Waals surface area contributed by atoms with E-state index in [0.29, 0.717) is 13.2 Å². The Bertz CT molecular complexity index is 558. The molecule has 1 fully saturated rings. The minimum absolute atomic E-state index is 0. The summed E-state index contributed by atoms with van der Waals surface area (Å²) in [5.74, 6) is 1.67. The first-order valence-electron chi connectivity index (χ1n) is 9.53. The topological polar surface area (TPSA) is 75.1 Å². The van der Waals surface area contributed by atoms with E-state index in [1.165, 1.54) is 0 Å². The van der Waals surface area contributed by atoms with Gasteiger partial charge in [-0.1, -0.05) is 12.1 Å². The van der Waals surface area contributed by atoms with Crippen molar-refractivity contribution in [3.8, 4) is 5.75 Å². The van der Waals surface area contributed by atoms with Crippen molar-refractivity contribution in [3.05, 3.63) is 29.8 Å². The number of nitrogens with zero attached hydrogens (tertiary/aromatic N) is 1. The second kappa shape index (κ2) is 12.4. The number of nitrogens with one attached hydrogen (secondary N) is 2. The molecule has 1 saturated heterocycles. The van der Waals surface area contributed by atoms with Crippen LogP contribution in [0.25, 0.3) is 0 Å². The fourth-order valence-corrected chi connectivity index (χ4v) is 3.04. The predicted molar refractivity (Wildman–Crippen MR) is 120 cm³/mol. The first kappa shape index (κ1) is 24.0. The Morgan fingerprint density at radius 3 is 2.59 bits per heavy atom. The summed E-state index contributed by atoms with van der Waals surface area (Å²) in [4.78, 5) is 4.68. The molecule has 0 aliphatic carbocycles. The highest BCUT2D eigenvalue weighted by Gasteiger charge is 2.34. The van der Waals surface area contributed by atoms with Gasteiger partial charge in [-0.05, 0) is 51.3 Å². The lowest BCUT2D eigenvalue weighted by Gasteiger charge is -2.27. The molecule has 7 heteroatoms. The molecule has 6 nitrogen and oxygen atoms in total. The van der Waals surface area contributed by atoms with E-state index in [2.05, 4.69) is 22.5 Å². The Hall–Kier alpha value is -1.06. The summed E-state index contributed by atoms with van der Waals surface area (Å²) in [6.45, 7) is 9.88. The van der Waals surface area contributed by atoms with E-state index in [4.69, 9.17) is 9.47 Å². The van der Waals surface area contributed by atoms with Crippen molar-refractivity contribution in [1.29, 1.82) is 0 Å². The zero-order valence-corrected chi connectivity index (χ0v) is 19.0. The largest absolute Gasteiger partial charge is 0.491 e. The van der Waals surface area contributed by atoms with Crippen LogP contribution in [-0.4, -0.2) is 50.1 Å². The minimum atomic E-state index is 0. The van der Waals surface area contributed by atoms with E-state index in [-0.39, 0.29) is 42.1 Å². The van der Waals surface area contributed by atoms with Crippen molar-refractivity contribution < 1.29 is 14.6 Å². The van der Waals surface area contributed by atoms with Gasteiger partial charge in [-0.25, -0.2) is 4.99 Å². The van der Waals surface area contributed by atoms with E-state index in [9.17, 15) is 5.11 Å². The third-order valence-corrected chi connectivity index (χ3v) is 4.52. The van der Waals surface area contributed by atoms with Crippen LogP contribution in [0.1, 0.15) is 39.2 Å². The summed E-state index contributed by atoms with van der Waals surface area (Å²) in [5, 5.41) is 16.1. The van der Waals surface area contributed by atoms with Crippen molar-refractivity contribution in [3.63, 3.8) is 0 Å². The highest BCUT2D eigenvalue weighted by atomic mass is 127. The smallest absolute Gasteiger partial charge is 0.191 e. The third-order valence-electron chi connectivity index (χ3n) is 4.52. The van der Waals surface area contributed by atoms with E-state index >= 15 is 0 Å². The molecule has 2 rings (SSSR count). The molecular formula is C20H34IN3O3. The van der Waals surface area contributed by atoms with E-state index in [1.54, 1.807) is 0 Å². The molecular weight excluding hydrogens is 457 g/mol. The van der Waals surface area contributed by atoms with Gasteiger partial charge in [0.15, 0.2) is 5.96 Å². The summed E-state index contributed by atoms with van der Waals surface area (Å²) in [5.41, 5.74) is 1.13. The molecule has 0 radical (unpaired) electrons. The monoisotopic (exact) mass is 491 g/mol. The number of halogens is 1. The first-order valence-corrected chi connectivity index (χ1v) is 9.53. The number of ether oxygens (including phenoxy) is 2. The van der Waals surface area contributed by atoms with Crippen LogP contribution in [0.5, 0.6) is 5.75 Å². The summed E-state index contributed by atoms with van der Waals surface area (Å²) in [6, 6.07) is 8.06. The molecule has 1 aliphatic rings. The number of aliphatic hydroxyl groups is 1. The first-order chi connectivity index (χ1) is 12.6. The number of aliphatic hydroxyl groups excluding tert-OH is 1. The number of aliphatic imine (C=N–C) groups is 1. The van der Waals surface area contributed by atoms with Gasteiger partial charge >= 0.3 is 0 Å². The van der Waals surface area contributed by atoms with Gasteiger partial charge in [0.2, 0.25) is 0 Å². The highest BCUT2D eigenvalue weighted by Crippen LogP contribution is 2.31. The molecule has 1 heterocycles. The summed E-state index contributed by atoms with van der Waals surface area (Å²) < 4.78 is 11.2. The molecule has 3 N–H and O–H groups in total. The molecule has 1 aromatic carbocycles. The second-order valence-corrected chi connectivity index (χ2v) is 7.14. The third kappa shape index (κ3) is 8.23. The van der Waals surface area contributed by atoms with Crippen molar-refractivity contribution in [2.75, 3.05) is 32.9 Å². The van der Waals surface area contributed by atoms with Crippen LogP contribution in [0.3, 0.4) is 0 Å². The Kier molecular flexibility index (Phi) is 11.0. The summed E-state index contributed by atoms with van der Waals surface area (Å²) in [7, 11) is 0. The van der Waals surface area contributed by atoms with Crippen LogP contribution in [0.4, 0.5) is 0 Å². The molecule has 27 heavy (non-hydrogen) atoms. The molecule has 1 unspecified atom stereocenters. The molecule has 0 saturated carbocycles. The molecule has 1 aromatic rings. The number of rotatable bonds is 9. The average Bonchev–Trinajstić information content (AvgIpc) is 3.07. The lowest BCUT2D eigenvalue weighted by atomic mass is 9.84. The standard InChI is InChI=1S/C20H33N3O3.HI/c1-4-21-19(23-14-20(9-11-24)10-12-25-15-20)22-13-17-5-7-18(8-6-17)26-16(2)3;/h5-8,16,24H,4,9-15H2,1-3H3,(H2,21,22,23);1H. The fourth-order valence-electron chi connectivity index (χ4n) is 3.04.